The lowest BCUT2D eigenvalue weighted by molar-refractivity contribution is 0.109. The molecule has 0 atom stereocenters. The summed E-state index contributed by atoms with van der Waals surface area (Å²) in [6.45, 7) is 1.10. The van der Waals surface area contributed by atoms with E-state index in [1.165, 1.54) is 0 Å². The normalized spacial score (nSPS) is 13.5. The number of nitrogens with zero attached hydrogens (tertiary/aromatic N) is 3. The molecule has 114 valence electrons. The maximum absolute atomic E-state index is 9.53. The van der Waals surface area contributed by atoms with Crippen LogP contribution in [0.15, 0.2) is 24.4 Å². The van der Waals surface area contributed by atoms with E-state index in [-0.39, 0.29) is 0 Å². The van der Waals surface area contributed by atoms with Crippen LogP contribution in [0.2, 0.25) is 0 Å². The molecule has 3 aromatic rings. The smallest absolute Gasteiger partial charge is 0.142 e. The van der Waals surface area contributed by atoms with Gasteiger partial charge in [-0.25, -0.2) is 4.98 Å². The molecule has 0 spiro atoms. The number of ether oxygens (including phenoxy) is 1. The van der Waals surface area contributed by atoms with Gasteiger partial charge in [0.05, 0.1) is 29.5 Å². The molecule has 3 N–H and O–H groups in total. The summed E-state index contributed by atoms with van der Waals surface area (Å²) in [7, 11) is 0. The van der Waals surface area contributed by atoms with Crippen LogP contribution in [0.3, 0.4) is 0 Å². The second kappa shape index (κ2) is 5.50. The molecule has 0 aliphatic carbocycles. The van der Waals surface area contributed by atoms with Crippen LogP contribution in [0.25, 0.3) is 21.0 Å². The molecule has 6 nitrogen and oxygen atoms in total. The number of H-pyrrole nitrogens is 1. The number of nitrogens with two attached hydrogens (primary N) is 1. The van der Waals surface area contributed by atoms with Crippen molar-refractivity contribution in [3.63, 3.8) is 0 Å². The summed E-state index contributed by atoms with van der Waals surface area (Å²) >= 11 is 1.59. The van der Waals surface area contributed by atoms with E-state index >= 15 is 0 Å². The van der Waals surface area contributed by atoms with E-state index < -0.39 is 0 Å². The number of nitrogens with one attached hydrogen (secondary N) is 1. The summed E-state index contributed by atoms with van der Waals surface area (Å²) in [6.07, 6.45) is 2.44. The summed E-state index contributed by atoms with van der Waals surface area (Å²) in [5.41, 5.74) is 10.1. The molecule has 0 radical (unpaired) electrons. The Hall–Kier alpha value is -2.69. The Balaban J connectivity index is 1.91. The highest BCUT2D eigenvalue weighted by molar-refractivity contribution is 7.18. The average molecular weight is 323 g/mol. The highest BCUT2D eigenvalue weighted by Gasteiger charge is 2.23. The van der Waals surface area contributed by atoms with E-state index in [1.54, 1.807) is 17.5 Å². The first-order valence-electron chi connectivity index (χ1n) is 7.17. The van der Waals surface area contributed by atoms with E-state index in [0.29, 0.717) is 24.6 Å². The highest BCUT2D eigenvalue weighted by Crippen LogP contribution is 2.40. The van der Waals surface area contributed by atoms with E-state index in [1.807, 2.05) is 18.2 Å². The first-order chi connectivity index (χ1) is 11.3. The molecule has 23 heavy (non-hydrogen) atoms. The fraction of sp³-hybridized carbons (Fsp3) is 0.188. The molecular formula is C16H13N5OS. The molecular weight excluding hydrogens is 310 g/mol. The number of nitrogen functional groups attached to an aromatic ring is 1. The maximum atomic E-state index is 9.53. The Morgan fingerprint density at radius 1 is 1.30 bits per heavy atom. The minimum Gasteiger partial charge on any atom is -0.383 e. The Kier molecular flexibility index (Phi) is 3.33. The summed E-state index contributed by atoms with van der Waals surface area (Å²) in [4.78, 5) is 6.44. The zero-order valence-electron chi connectivity index (χ0n) is 12.2. The van der Waals surface area contributed by atoms with Crippen molar-refractivity contribution in [2.24, 2.45) is 0 Å². The molecule has 0 fully saturated rings. The number of aromatic nitrogens is 3. The SMILES string of the molecule is N#Cc1c(N)nc2c(c1-c1ccc(-c3ccn[nH]3)s1)COCC2. The zero-order chi connectivity index (χ0) is 15.8. The fourth-order valence-corrected chi connectivity index (χ4v) is 3.85. The minimum absolute atomic E-state index is 0.291. The lowest BCUT2D eigenvalue weighted by atomic mass is 9.97. The monoisotopic (exact) mass is 323 g/mol. The number of pyridine rings is 1. The number of rotatable bonds is 2. The average Bonchev–Trinajstić information content (AvgIpc) is 3.24. The van der Waals surface area contributed by atoms with Crippen molar-refractivity contribution in [1.29, 1.82) is 5.26 Å². The zero-order valence-corrected chi connectivity index (χ0v) is 13.0. The van der Waals surface area contributed by atoms with Crippen LogP contribution in [0, 0.1) is 11.3 Å². The van der Waals surface area contributed by atoms with Crippen LogP contribution in [0.5, 0.6) is 0 Å². The molecule has 1 aliphatic heterocycles. The van der Waals surface area contributed by atoms with E-state index in [9.17, 15) is 5.26 Å². The number of anilines is 1. The van der Waals surface area contributed by atoms with Crippen LogP contribution in [0.1, 0.15) is 16.8 Å². The number of hydrogen-bond acceptors (Lipinski definition) is 6. The van der Waals surface area contributed by atoms with E-state index in [0.717, 1.165) is 38.7 Å². The Morgan fingerprint density at radius 3 is 2.96 bits per heavy atom. The van der Waals surface area contributed by atoms with Gasteiger partial charge in [0.15, 0.2) is 0 Å². The predicted molar refractivity (Wildman–Crippen MR) is 87.6 cm³/mol. The molecule has 7 heteroatoms. The van der Waals surface area contributed by atoms with Gasteiger partial charge in [-0.05, 0) is 18.2 Å². The van der Waals surface area contributed by atoms with E-state index in [2.05, 4.69) is 21.3 Å². The molecule has 1 aliphatic rings. The van der Waals surface area contributed by atoms with Gasteiger partial charge in [0.2, 0.25) is 0 Å². The molecule has 0 saturated heterocycles. The highest BCUT2D eigenvalue weighted by atomic mass is 32.1. The lowest BCUT2D eigenvalue weighted by Gasteiger charge is -2.20. The van der Waals surface area contributed by atoms with Gasteiger partial charge in [-0.3, -0.25) is 5.10 Å². The van der Waals surface area contributed by atoms with Crippen molar-refractivity contribution in [3.05, 3.63) is 41.2 Å². The van der Waals surface area contributed by atoms with E-state index in [4.69, 9.17) is 10.5 Å². The van der Waals surface area contributed by atoms with Gasteiger partial charge >= 0.3 is 0 Å². The quantitative estimate of drug-likeness (QED) is 0.755. The number of hydrogen-bond donors (Lipinski definition) is 2. The number of nitriles is 1. The van der Waals surface area contributed by atoms with Gasteiger partial charge in [0.25, 0.3) is 0 Å². The molecule has 0 bridgehead atoms. The molecule has 4 rings (SSSR count). The lowest BCUT2D eigenvalue weighted by Crippen LogP contribution is -2.15. The van der Waals surface area contributed by atoms with Crippen molar-refractivity contribution >= 4 is 17.2 Å². The second-order valence-corrected chi connectivity index (χ2v) is 6.30. The molecule has 3 aromatic heterocycles. The molecule has 0 saturated carbocycles. The van der Waals surface area contributed by atoms with Gasteiger partial charge in [-0.2, -0.15) is 10.4 Å². The van der Waals surface area contributed by atoms with Crippen molar-refractivity contribution < 1.29 is 4.74 Å². The molecule has 0 unspecified atom stereocenters. The first-order valence-corrected chi connectivity index (χ1v) is 7.98. The van der Waals surface area contributed by atoms with Crippen molar-refractivity contribution in [2.45, 2.75) is 13.0 Å². The Labute approximate surface area is 136 Å². The number of thiophene rings is 1. The minimum atomic E-state index is 0.291. The van der Waals surface area contributed by atoms with Crippen molar-refractivity contribution in [3.8, 4) is 27.1 Å². The largest absolute Gasteiger partial charge is 0.383 e. The van der Waals surface area contributed by atoms with Gasteiger partial charge in [-0.1, -0.05) is 0 Å². The van der Waals surface area contributed by atoms with Crippen LogP contribution in [0.4, 0.5) is 5.82 Å². The van der Waals surface area contributed by atoms with Crippen molar-refractivity contribution in [2.75, 3.05) is 12.3 Å². The third-order valence-corrected chi connectivity index (χ3v) is 5.01. The topological polar surface area (TPSA) is 101 Å². The second-order valence-electron chi connectivity index (χ2n) is 5.22. The third-order valence-electron chi connectivity index (χ3n) is 3.87. The summed E-state index contributed by atoms with van der Waals surface area (Å²) in [5.74, 6) is 0.291. The standard InChI is InChI=1S/C16H13N5OS/c17-7-9-15(10-8-22-6-4-11(10)20-16(9)18)14-2-1-13(23-14)12-3-5-19-21-12/h1-3,5H,4,6,8H2,(H2,18,20)(H,19,21). The van der Waals surface area contributed by atoms with Gasteiger partial charge in [0.1, 0.15) is 17.5 Å². The molecule has 0 amide bonds. The predicted octanol–water partition coefficient (Wildman–Crippen LogP) is 2.73. The van der Waals surface area contributed by atoms with Crippen LogP contribution >= 0.6 is 11.3 Å². The van der Waals surface area contributed by atoms with Crippen molar-refractivity contribution in [1.82, 2.24) is 15.2 Å². The van der Waals surface area contributed by atoms with Gasteiger partial charge < -0.3 is 10.5 Å². The summed E-state index contributed by atoms with van der Waals surface area (Å²) in [5, 5.41) is 16.5. The number of aromatic amines is 1. The molecule has 4 heterocycles. The van der Waals surface area contributed by atoms with Gasteiger partial charge in [0, 0.05) is 28.6 Å². The summed E-state index contributed by atoms with van der Waals surface area (Å²) < 4.78 is 5.57. The Bertz CT molecular complexity index is 907. The van der Waals surface area contributed by atoms with Crippen LogP contribution in [-0.2, 0) is 17.8 Å². The molecule has 0 aromatic carbocycles. The first kappa shape index (κ1) is 13.9. The van der Waals surface area contributed by atoms with Crippen LogP contribution < -0.4 is 5.73 Å². The maximum Gasteiger partial charge on any atom is 0.142 e. The summed E-state index contributed by atoms with van der Waals surface area (Å²) in [6, 6.07) is 8.14. The number of fused-ring (bicyclic) bond motifs is 1. The Morgan fingerprint density at radius 2 is 2.17 bits per heavy atom. The fourth-order valence-electron chi connectivity index (χ4n) is 2.79. The van der Waals surface area contributed by atoms with Crippen LogP contribution in [-0.4, -0.2) is 21.8 Å². The third kappa shape index (κ3) is 2.29. The van der Waals surface area contributed by atoms with Gasteiger partial charge in [-0.15, -0.1) is 11.3 Å².